The summed E-state index contributed by atoms with van der Waals surface area (Å²) in [6.07, 6.45) is -4.32. The van der Waals surface area contributed by atoms with Crippen LogP contribution in [0.1, 0.15) is 48.7 Å². The van der Waals surface area contributed by atoms with E-state index >= 15 is 0 Å². The number of halogens is 4. The molecule has 9 heteroatoms. The summed E-state index contributed by atoms with van der Waals surface area (Å²) in [7, 11) is 0. The van der Waals surface area contributed by atoms with Crippen molar-refractivity contribution >= 4 is 22.6 Å². The lowest BCUT2D eigenvalue weighted by Gasteiger charge is -2.24. The van der Waals surface area contributed by atoms with E-state index in [1.165, 1.54) is 36.4 Å². The minimum absolute atomic E-state index is 0.000652. The Morgan fingerprint density at radius 3 is 2.20 bits per heavy atom. The molecule has 0 aliphatic rings. The molecule has 3 aromatic rings. The zero-order valence-electron chi connectivity index (χ0n) is 19.4. The molecular weight excluding hydrogens is 466 g/mol. The summed E-state index contributed by atoms with van der Waals surface area (Å²) in [4.78, 5) is 24.8. The van der Waals surface area contributed by atoms with Crippen molar-refractivity contribution in [2.24, 2.45) is 5.41 Å². The first-order valence-electron chi connectivity index (χ1n) is 10.8. The zero-order valence-corrected chi connectivity index (χ0v) is 19.4. The monoisotopic (exact) mass is 491 g/mol. The molecule has 0 saturated heterocycles. The average molecular weight is 491 g/mol. The van der Waals surface area contributed by atoms with Gasteiger partial charge in [0.1, 0.15) is 24.2 Å². The van der Waals surface area contributed by atoms with E-state index in [9.17, 15) is 32.3 Å². The summed E-state index contributed by atoms with van der Waals surface area (Å²) in [6.45, 7) is 5.32. The van der Waals surface area contributed by atoms with Gasteiger partial charge in [0.25, 0.3) is 5.91 Å². The number of ether oxygens (including phenoxy) is 1. The molecule has 0 unspecified atom stereocenters. The second-order valence-corrected chi connectivity index (χ2v) is 9.39. The summed E-state index contributed by atoms with van der Waals surface area (Å²) in [5.41, 5.74) is -0.818. The number of hydrogen-bond acceptors (Lipinski definition) is 3. The number of carboxylic acids is 1. The van der Waals surface area contributed by atoms with E-state index in [4.69, 9.17) is 4.74 Å². The fourth-order valence-corrected chi connectivity index (χ4v) is 3.62. The van der Waals surface area contributed by atoms with E-state index in [1.807, 2.05) is 20.8 Å². The van der Waals surface area contributed by atoms with Gasteiger partial charge in [0, 0.05) is 10.8 Å². The zero-order chi connectivity index (χ0) is 26.0. The van der Waals surface area contributed by atoms with Crippen molar-refractivity contribution in [2.75, 3.05) is 0 Å². The molecule has 2 N–H and O–H groups in total. The number of rotatable bonds is 7. The van der Waals surface area contributed by atoms with E-state index in [-0.39, 0.29) is 40.5 Å². The number of carboxylic acid groups (broad SMARTS) is 1. The molecule has 0 heterocycles. The average Bonchev–Trinajstić information content (AvgIpc) is 2.76. The van der Waals surface area contributed by atoms with Crippen LogP contribution in [0.2, 0.25) is 0 Å². The third-order valence-electron chi connectivity index (χ3n) is 5.29. The van der Waals surface area contributed by atoms with Gasteiger partial charge in [0.15, 0.2) is 0 Å². The van der Waals surface area contributed by atoms with E-state index in [0.717, 1.165) is 12.1 Å². The smallest absolute Gasteiger partial charge is 0.416 e. The van der Waals surface area contributed by atoms with Gasteiger partial charge in [-0.05, 0) is 41.7 Å². The first-order valence-corrected chi connectivity index (χ1v) is 10.8. The molecular formula is C26H25F4NO4. The lowest BCUT2D eigenvalue weighted by atomic mass is 9.88. The highest BCUT2D eigenvalue weighted by molar-refractivity contribution is 6.05. The van der Waals surface area contributed by atoms with Crippen LogP contribution < -0.4 is 10.1 Å². The Bertz CT molecular complexity index is 1230. The lowest BCUT2D eigenvalue weighted by molar-refractivity contribution is -0.140. The molecule has 3 rings (SSSR count). The summed E-state index contributed by atoms with van der Waals surface area (Å²) in [5, 5.41) is 12.5. The van der Waals surface area contributed by atoms with Gasteiger partial charge in [0.2, 0.25) is 0 Å². The van der Waals surface area contributed by atoms with Crippen molar-refractivity contribution in [1.29, 1.82) is 0 Å². The van der Waals surface area contributed by atoms with E-state index in [1.54, 1.807) is 6.07 Å². The number of fused-ring (bicyclic) bond motifs is 1. The maximum absolute atomic E-state index is 14.4. The summed E-state index contributed by atoms with van der Waals surface area (Å²) in [6, 6.07) is 10.1. The van der Waals surface area contributed by atoms with Crippen LogP contribution in [0.15, 0.2) is 54.6 Å². The maximum Gasteiger partial charge on any atom is 0.416 e. The Morgan fingerprint density at radius 2 is 1.63 bits per heavy atom. The Hall–Kier alpha value is -3.62. The Labute approximate surface area is 199 Å². The van der Waals surface area contributed by atoms with E-state index in [0.29, 0.717) is 5.56 Å². The Kier molecular flexibility index (Phi) is 7.38. The van der Waals surface area contributed by atoms with Crippen LogP contribution in [0.25, 0.3) is 10.8 Å². The van der Waals surface area contributed by atoms with Crippen LogP contribution in [-0.4, -0.2) is 23.0 Å². The minimum atomic E-state index is -4.48. The molecule has 5 nitrogen and oxygen atoms in total. The van der Waals surface area contributed by atoms with Gasteiger partial charge in [-0.3, -0.25) is 4.79 Å². The van der Waals surface area contributed by atoms with Gasteiger partial charge in [-0.25, -0.2) is 9.18 Å². The van der Waals surface area contributed by atoms with Crippen molar-refractivity contribution in [3.8, 4) is 5.75 Å². The van der Waals surface area contributed by atoms with Gasteiger partial charge >= 0.3 is 12.1 Å². The summed E-state index contributed by atoms with van der Waals surface area (Å²) >= 11 is 0. The number of carbonyl (C=O) groups excluding carboxylic acids is 1. The van der Waals surface area contributed by atoms with Crippen LogP contribution in [0.5, 0.6) is 5.75 Å². The quantitative estimate of drug-likeness (QED) is 0.386. The second-order valence-electron chi connectivity index (χ2n) is 9.39. The van der Waals surface area contributed by atoms with Gasteiger partial charge in [-0.2, -0.15) is 13.2 Å². The van der Waals surface area contributed by atoms with Gasteiger partial charge in [-0.1, -0.05) is 51.1 Å². The van der Waals surface area contributed by atoms with E-state index in [2.05, 4.69) is 5.32 Å². The minimum Gasteiger partial charge on any atom is -0.487 e. The third-order valence-corrected chi connectivity index (χ3v) is 5.29. The standard InChI is InChI=1S/C26H25F4NO4/c1-25(2,3)13-21(24(33)34)31-23(32)19-12-11-17-18(5-4-6-20(17)27)22(19)35-14-15-7-9-16(10-8-15)26(28,29)30/h4-12,21H,13-14H2,1-3H3,(H,31,32)(H,33,34)/t21-/m0/s1. The van der Waals surface area contributed by atoms with Crippen LogP contribution in [0.3, 0.4) is 0 Å². The van der Waals surface area contributed by atoms with Crippen LogP contribution in [0, 0.1) is 11.2 Å². The summed E-state index contributed by atoms with van der Waals surface area (Å²) < 4.78 is 58.7. The molecule has 0 saturated carbocycles. The predicted molar refractivity (Wildman–Crippen MR) is 123 cm³/mol. The molecule has 3 aromatic carbocycles. The number of benzene rings is 3. The normalized spacial score (nSPS) is 12.9. The molecule has 0 bridgehead atoms. The number of nitrogens with one attached hydrogen (secondary N) is 1. The second kappa shape index (κ2) is 9.93. The first kappa shape index (κ1) is 26.0. The fourth-order valence-electron chi connectivity index (χ4n) is 3.62. The van der Waals surface area contributed by atoms with Gasteiger partial charge in [-0.15, -0.1) is 0 Å². The van der Waals surface area contributed by atoms with Crippen molar-refractivity contribution in [1.82, 2.24) is 5.32 Å². The van der Waals surface area contributed by atoms with Crippen LogP contribution in [-0.2, 0) is 17.6 Å². The number of carbonyl (C=O) groups is 2. The molecule has 0 fully saturated rings. The Balaban J connectivity index is 1.95. The highest BCUT2D eigenvalue weighted by Crippen LogP contribution is 2.33. The molecule has 0 radical (unpaired) electrons. The molecule has 35 heavy (non-hydrogen) atoms. The third kappa shape index (κ3) is 6.49. The fraction of sp³-hybridized carbons (Fsp3) is 0.308. The van der Waals surface area contributed by atoms with Crippen molar-refractivity contribution in [3.05, 3.63) is 77.1 Å². The van der Waals surface area contributed by atoms with Crippen LogP contribution in [0.4, 0.5) is 17.6 Å². The van der Waals surface area contributed by atoms with Gasteiger partial charge < -0.3 is 15.2 Å². The molecule has 0 aliphatic carbocycles. The lowest BCUT2D eigenvalue weighted by Crippen LogP contribution is -2.43. The van der Waals surface area contributed by atoms with Crippen LogP contribution >= 0.6 is 0 Å². The van der Waals surface area contributed by atoms with Gasteiger partial charge in [0.05, 0.1) is 11.1 Å². The van der Waals surface area contributed by atoms with Crippen molar-refractivity contribution in [2.45, 2.75) is 46.0 Å². The SMILES string of the molecule is CC(C)(C)C[C@H](NC(=O)c1ccc2c(F)cccc2c1OCc1ccc(C(F)(F)F)cc1)C(=O)O. The predicted octanol–water partition coefficient (Wildman–Crippen LogP) is 6.20. The molecule has 0 aliphatic heterocycles. The Morgan fingerprint density at radius 1 is 0.971 bits per heavy atom. The van der Waals surface area contributed by atoms with Crippen molar-refractivity contribution in [3.63, 3.8) is 0 Å². The molecule has 0 spiro atoms. The molecule has 1 amide bonds. The summed E-state index contributed by atoms with van der Waals surface area (Å²) in [5.74, 6) is -2.48. The van der Waals surface area contributed by atoms with E-state index < -0.39 is 35.5 Å². The maximum atomic E-state index is 14.4. The first-order chi connectivity index (χ1) is 16.3. The number of aliphatic carboxylic acids is 1. The van der Waals surface area contributed by atoms with Crippen molar-refractivity contribution < 1.29 is 37.0 Å². The number of hydrogen-bond donors (Lipinski definition) is 2. The largest absolute Gasteiger partial charge is 0.487 e. The topological polar surface area (TPSA) is 75.6 Å². The molecule has 186 valence electrons. The molecule has 0 aromatic heterocycles. The molecule has 1 atom stereocenters. The number of amides is 1. The highest BCUT2D eigenvalue weighted by Gasteiger charge is 2.30. The highest BCUT2D eigenvalue weighted by atomic mass is 19.4. The number of alkyl halides is 3.